The Morgan fingerprint density at radius 2 is 1.96 bits per heavy atom. The van der Waals surface area contributed by atoms with Crippen molar-refractivity contribution in [3.63, 3.8) is 0 Å². The van der Waals surface area contributed by atoms with Crippen LogP contribution >= 0.6 is 0 Å². The lowest BCUT2D eigenvalue weighted by Gasteiger charge is -2.10. The molecule has 0 radical (unpaired) electrons. The van der Waals surface area contributed by atoms with Crippen LogP contribution < -0.4 is 11.0 Å². The van der Waals surface area contributed by atoms with Crippen LogP contribution in [0.1, 0.15) is 29.1 Å². The number of hydrogen-bond acceptors (Lipinski definition) is 4. The van der Waals surface area contributed by atoms with Crippen LogP contribution in [0.4, 0.5) is 4.39 Å². The molecule has 0 aliphatic carbocycles. The molecule has 1 amide bonds. The fraction of sp³-hybridized carbons (Fsp3) is 0.111. The second-order valence-electron chi connectivity index (χ2n) is 6.07. The summed E-state index contributed by atoms with van der Waals surface area (Å²) in [6, 6.07) is 8.96. The fourth-order valence-electron chi connectivity index (χ4n) is 2.72. The molecule has 0 spiro atoms. The first-order valence-corrected chi connectivity index (χ1v) is 8.20. The Morgan fingerprint density at radius 1 is 1.19 bits per heavy atom. The lowest BCUT2D eigenvalue weighted by molar-refractivity contribution is 0.0938. The highest BCUT2D eigenvalue weighted by atomic mass is 19.1. The Kier molecular flexibility index (Phi) is 4.03. The molecule has 3 aromatic heterocycles. The van der Waals surface area contributed by atoms with E-state index in [0.717, 1.165) is 5.56 Å². The van der Waals surface area contributed by atoms with Gasteiger partial charge in [-0.2, -0.15) is 5.10 Å². The average Bonchev–Trinajstić information content (AvgIpc) is 3.27. The third kappa shape index (κ3) is 3.34. The maximum absolute atomic E-state index is 13.1. The summed E-state index contributed by atoms with van der Waals surface area (Å²) >= 11 is 0. The predicted molar refractivity (Wildman–Crippen MR) is 95.7 cm³/mol. The van der Waals surface area contributed by atoms with Crippen LogP contribution in [0, 0.1) is 5.82 Å². The number of hydrogen-bond donors (Lipinski definition) is 3. The minimum Gasteiger partial charge on any atom is -0.342 e. The smallest absolute Gasteiger partial charge is 0.340 e. The molecule has 136 valence electrons. The Hall–Kier alpha value is -3.75. The maximum atomic E-state index is 13.1. The van der Waals surface area contributed by atoms with Crippen LogP contribution in [-0.2, 0) is 0 Å². The van der Waals surface area contributed by atoms with Crippen molar-refractivity contribution in [1.82, 2.24) is 29.9 Å². The Labute approximate surface area is 152 Å². The molecule has 1 unspecified atom stereocenters. The third-order valence-corrected chi connectivity index (χ3v) is 4.13. The minimum absolute atomic E-state index is 0.311. The number of rotatable bonds is 4. The standard InChI is InChI=1S/C18H15FN6O2/c1-10(16-22-18(27)24-23-16)20-17(26)12-4-7-15-21-14(9-25(15)8-12)11-2-5-13(19)6-3-11/h2-10H,1H3,(H,20,26)(H2,22,23,24,27). The number of fused-ring (bicyclic) bond motifs is 1. The number of carbonyl (C=O) groups excluding carboxylic acids is 1. The van der Waals surface area contributed by atoms with Crippen LogP contribution in [0.3, 0.4) is 0 Å². The predicted octanol–water partition coefficient (Wildman–Crippen LogP) is 2.04. The first-order chi connectivity index (χ1) is 13.0. The molecular weight excluding hydrogens is 351 g/mol. The number of carbonyl (C=O) groups is 1. The Balaban J connectivity index is 1.58. The second-order valence-corrected chi connectivity index (χ2v) is 6.07. The van der Waals surface area contributed by atoms with Crippen LogP contribution in [0.2, 0.25) is 0 Å². The summed E-state index contributed by atoms with van der Waals surface area (Å²) in [5, 5.41) is 8.83. The van der Waals surface area contributed by atoms with Crippen LogP contribution in [0.25, 0.3) is 16.9 Å². The molecule has 0 fully saturated rings. The van der Waals surface area contributed by atoms with Gasteiger partial charge in [-0.25, -0.2) is 19.3 Å². The number of H-pyrrole nitrogens is 2. The van der Waals surface area contributed by atoms with Gasteiger partial charge in [0.15, 0.2) is 5.82 Å². The largest absolute Gasteiger partial charge is 0.342 e. The zero-order valence-corrected chi connectivity index (χ0v) is 14.2. The third-order valence-electron chi connectivity index (χ3n) is 4.13. The van der Waals surface area contributed by atoms with Gasteiger partial charge in [0.1, 0.15) is 11.5 Å². The zero-order valence-electron chi connectivity index (χ0n) is 14.2. The summed E-state index contributed by atoms with van der Waals surface area (Å²) in [4.78, 5) is 30.6. The van der Waals surface area contributed by atoms with Crippen molar-refractivity contribution in [2.75, 3.05) is 0 Å². The molecule has 0 aliphatic heterocycles. The molecule has 1 atom stereocenters. The van der Waals surface area contributed by atoms with Crippen molar-refractivity contribution < 1.29 is 9.18 Å². The molecule has 9 heteroatoms. The molecule has 0 bridgehead atoms. The highest BCUT2D eigenvalue weighted by Crippen LogP contribution is 2.20. The topological polar surface area (TPSA) is 108 Å². The van der Waals surface area contributed by atoms with E-state index in [9.17, 15) is 14.0 Å². The highest BCUT2D eigenvalue weighted by molar-refractivity contribution is 5.94. The van der Waals surface area contributed by atoms with Crippen LogP contribution in [-0.4, -0.2) is 30.5 Å². The van der Waals surface area contributed by atoms with E-state index in [0.29, 0.717) is 22.7 Å². The Bertz CT molecular complexity index is 1170. The molecule has 3 N–H and O–H groups in total. The quantitative estimate of drug-likeness (QED) is 0.514. The van der Waals surface area contributed by atoms with E-state index in [2.05, 4.69) is 25.5 Å². The number of aromatic amines is 2. The molecule has 4 aromatic rings. The van der Waals surface area contributed by atoms with E-state index in [1.165, 1.54) is 12.1 Å². The lowest BCUT2D eigenvalue weighted by atomic mass is 10.2. The van der Waals surface area contributed by atoms with E-state index in [1.807, 2.05) is 0 Å². The molecule has 0 saturated heterocycles. The summed E-state index contributed by atoms with van der Waals surface area (Å²) in [6.07, 6.45) is 3.43. The average molecular weight is 366 g/mol. The Morgan fingerprint density at radius 3 is 2.67 bits per heavy atom. The van der Waals surface area contributed by atoms with Crippen molar-refractivity contribution in [2.45, 2.75) is 13.0 Å². The number of benzene rings is 1. The summed E-state index contributed by atoms with van der Waals surface area (Å²) in [5.41, 5.74) is 2.11. The number of halogens is 1. The van der Waals surface area contributed by atoms with Crippen molar-refractivity contribution in [3.05, 3.63) is 76.5 Å². The van der Waals surface area contributed by atoms with Gasteiger partial charge in [0.05, 0.1) is 17.3 Å². The number of nitrogens with zero attached hydrogens (tertiary/aromatic N) is 3. The fourth-order valence-corrected chi connectivity index (χ4v) is 2.72. The van der Waals surface area contributed by atoms with Crippen LogP contribution in [0.5, 0.6) is 0 Å². The SMILES string of the molecule is CC(NC(=O)c1ccc2nc(-c3ccc(F)cc3)cn2c1)c1n[nH]c(=O)[nH]1. The van der Waals surface area contributed by atoms with Gasteiger partial charge in [0.2, 0.25) is 0 Å². The van der Waals surface area contributed by atoms with Gasteiger partial charge in [0, 0.05) is 18.0 Å². The zero-order chi connectivity index (χ0) is 19.0. The summed E-state index contributed by atoms with van der Waals surface area (Å²) in [5.74, 6) is -0.283. The summed E-state index contributed by atoms with van der Waals surface area (Å²) in [7, 11) is 0. The monoisotopic (exact) mass is 366 g/mol. The van der Waals surface area contributed by atoms with E-state index >= 15 is 0 Å². The maximum Gasteiger partial charge on any atom is 0.340 e. The molecule has 3 heterocycles. The molecule has 8 nitrogen and oxygen atoms in total. The molecular formula is C18H15FN6O2. The van der Waals surface area contributed by atoms with Gasteiger partial charge < -0.3 is 9.72 Å². The van der Waals surface area contributed by atoms with E-state index in [4.69, 9.17) is 0 Å². The number of imidazole rings is 1. The van der Waals surface area contributed by atoms with E-state index in [1.54, 1.807) is 48.0 Å². The van der Waals surface area contributed by atoms with Crippen molar-refractivity contribution in [2.24, 2.45) is 0 Å². The van der Waals surface area contributed by atoms with Gasteiger partial charge in [-0.1, -0.05) is 0 Å². The molecule has 0 saturated carbocycles. The second kappa shape index (κ2) is 6.52. The number of aromatic nitrogens is 5. The van der Waals surface area contributed by atoms with Crippen molar-refractivity contribution >= 4 is 11.6 Å². The first kappa shape index (κ1) is 16.7. The van der Waals surface area contributed by atoms with Gasteiger partial charge in [0.25, 0.3) is 5.91 Å². The van der Waals surface area contributed by atoms with E-state index < -0.39 is 11.7 Å². The molecule has 27 heavy (non-hydrogen) atoms. The molecule has 1 aromatic carbocycles. The van der Waals surface area contributed by atoms with Crippen LogP contribution in [0.15, 0.2) is 53.6 Å². The highest BCUT2D eigenvalue weighted by Gasteiger charge is 2.15. The van der Waals surface area contributed by atoms with Gasteiger partial charge in [-0.15, -0.1) is 0 Å². The van der Waals surface area contributed by atoms with Gasteiger partial charge in [-0.3, -0.25) is 9.78 Å². The number of nitrogens with one attached hydrogen (secondary N) is 3. The lowest BCUT2D eigenvalue weighted by Crippen LogP contribution is -2.27. The number of pyridine rings is 1. The van der Waals surface area contributed by atoms with Gasteiger partial charge in [-0.05, 0) is 43.3 Å². The summed E-state index contributed by atoms with van der Waals surface area (Å²) in [6.45, 7) is 1.71. The van der Waals surface area contributed by atoms with Crippen molar-refractivity contribution in [1.29, 1.82) is 0 Å². The van der Waals surface area contributed by atoms with Gasteiger partial charge >= 0.3 is 5.69 Å². The first-order valence-electron chi connectivity index (χ1n) is 8.20. The minimum atomic E-state index is -0.468. The normalized spacial score (nSPS) is 12.2. The van der Waals surface area contributed by atoms with E-state index in [-0.39, 0.29) is 11.7 Å². The molecule has 0 aliphatic rings. The van der Waals surface area contributed by atoms with Crippen molar-refractivity contribution in [3.8, 4) is 11.3 Å². The summed E-state index contributed by atoms with van der Waals surface area (Å²) < 4.78 is 14.8. The number of amides is 1. The molecule has 4 rings (SSSR count).